The van der Waals surface area contributed by atoms with Crippen LogP contribution in [0.3, 0.4) is 0 Å². The van der Waals surface area contributed by atoms with Crippen molar-refractivity contribution in [2.45, 2.75) is 20.8 Å². The number of methoxy groups -OCH3 is 1. The molecule has 7 nitrogen and oxygen atoms in total. The number of hydrogen-bond donors (Lipinski definition) is 1. The molecule has 0 aliphatic rings. The zero-order valence-electron chi connectivity index (χ0n) is 16.3. The molecule has 7 heteroatoms. The topological polar surface area (TPSA) is 90.9 Å². The summed E-state index contributed by atoms with van der Waals surface area (Å²) >= 11 is 0. The second kappa shape index (κ2) is 9.55. The molecule has 0 saturated carbocycles. The van der Waals surface area contributed by atoms with E-state index in [9.17, 15) is 14.4 Å². The van der Waals surface area contributed by atoms with E-state index in [1.165, 1.54) is 13.2 Å². The van der Waals surface area contributed by atoms with Crippen molar-refractivity contribution in [3.63, 3.8) is 0 Å². The Hall–Kier alpha value is -3.35. The average molecular weight is 385 g/mol. The average Bonchev–Trinajstić information content (AvgIpc) is 2.68. The maximum Gasteiger partial charge on any atom is 0.344 e. The Morgan fingerprint density at radius 1 is 0.964 bits per heavy atom. The Morgan fingerprint density at radius 3 is 2.43 bits per heavy atom. The zero-order valence-corrected chi connectivity index (χ0v) is 16.3. The normalized spacial score (nSPS) is 10.1. The molecule has 0 aromatic heterocycles. The molecule has 1 N–H and O–H groups in total. The number of esters is 2. The number of rotatable bonds is 7. The van der Waals surface area contributed by atoms with Crippen molar-refractivity contribution in [2.75, 3.05) is 25.6 Å². The molecule has 2 rings (SSSR count). The molecule has 1 amide bonds. The minimum Gasteiger partial charge on any atom is -0.482 e. The zero-order chi connectivity index (χ0) is 20.7. The third-order valence-electron chi connectivity index (χ3n) is 4.20. The predicted molar refractivity (Wildman–Crippen MR) is 104 cm³/mol. The number of anilines is 1. The van der Waals surface area contributed by atoms with Crippen molar-refractivity contribution in [1.82, 2.24) is 0 Å². The first-order valence-electron chi connectivity index (χ1n) is 8.65. The van der Waals surface area contributed by atoms with E-state index in [2.05, 4.69) is 10.1 Å². The molecular weight excluding hydrogens is 362 g/mol. The Morgan fingerprint density at radius 2 is 1.71 bits per heavy atom. The van der Waals surface area contributed by atoms with Gasteiger partial charge < -0.3 is 19.5 Å². The van der Waals surface area contributed by atoms with Crippen molar-refractivity contribution in [3.05, 3.63) is 58.7 Å². The SMILES string of the molecule is COC(=O)c1ccc(C)c(NC(=O)COC(=O)COc2cccc(C)c2C)c1. The molecule has 28 heavy (non-hydrogen) atoms. The van der Waals surface area contributed by atoms with Crippen molar-refractivity contribution >= 4 is 23.5 Å². The van der Waals surface area contributed by atoms with Gasteiger partial charge in [-0.2, -0.15) is 0 Å². The third kappa shape index (κ3) is 5.57. The number of aryl methyl sites for hydroxylation is 2. The van der Waals surface area contributed by atoms with Crippen LogP contribution in [-0.4, -0.2) is 38.2 Å². The van der Waals surface area contributed by atoms with Gasteiger partial charge in [-0.05, 0) is 55.7 Å². The van der Waals surface area contributed by atoms with Crippen LogP contribution in [0, 0.1) is 20.8 Å². The quantitative estimate of drug-likeness (QED) is 0.737. The van der Waals surface area contributed by atoms with Gasteiger partial charge in [0, 0.05) is 5.69 Å². The van der Waals surface area contributed by atoms with Gasteiger partial charge in [-0.1, -0.05) is 18.2 Å². The van der Waals surface area contributed by atoms with Crippen LogP contribution in [0.25, 0.3) is 0 Å². The molecular formula is C21H23NO6. The van der Waals surface area contributed by atoms with Crippen LogP contribution in [0.5, 0.6) is 5.75 Å². The summed E-state index contributed by atoms with van der Waals surface area (Å²) in [5.74, 6) is -1.09. The van der Waals surface area contributed by atoms with Crippen molar-refractivity contribution in [3.8, 4) is 5.75 Å². The van der Waals surface area contributed by atoms with Gasteiger partial charge in [0.25, 0.3) is 5.91 Å². The van der Waals surface area contributed by atoms with Crippen LogP contribution in [0.15, 0.2) is 36.4 Å². The smallest absolute Gasteiger partial charge is 0.344 e. The molecule has 0 heterocycles. The lowest BCUT2D eigenvalue weighted by Crippen LogP contribution is -2.24. The molecule has 2 aromatic carbocycles. The van der Waals surface area contributed by atoms with E-state index in [1.807, 2.05) is 26.0 Å². The number of amides is 1. The van der Waals surface area contributed by atoms with Crippen LogP contribution >= 0.6 is 0 Å². The molecule has 0 fully saturated rings. The fourth-order valence-electron chi connectivity index (χ4n) is 2.39. The summed E-state index contributed by atoms with van der Waals surface area (Å²) < 4.78 is 15.0. The first kappa shape index (κ1) is 21.0. The van der Waals surface area contributed by atoms with E-state index < -0.39 is 24.5 Å². The number of ether oxygens (including phenoxy) is 3. The lowest BCUT2D eigenvalue weighted by atomic mass is 10.1. The standard InChI is InChI=1S/C21H23NO6/c1-13-6-5-7-18(15(13)3)27-12-20(24)28-11-19(23)22-17-10-16(21(25)26-4)9-8-14(17)2/h5-10H,11-12H2,1-4H3,(H,22,23). The van der Waals surface area contributed by atoms with E-state index in [1.54, 1.807) is 25.1 Å². The molecule has 0 radical (unpaired) electrons. The van der Waals surface area contributed by atoms with Crippen LogP contribution in [0.2, 0.25) is 0 Å². The van der Waals surface area contributed by atoms with Gasteiger partial charge in [0.2, 0.25) is 0 Å². The van der Waals surface area contributed by atoms with Crippen LogP contribution in [-0.2, 0) is 19.1 Å². The Kier molecular flexibility index (Phi) is 7.14. The van der Waals surface area contributed by atoms with E-state index in [0.717, 1.165) is 16.7 Å². The molecule has 0 atom stereocenters. The summed E-state index contributed by atoms with van der Waals surface area (Å²) in [4.78, 5) is 35.5. The highest BCUT2D eigenvalue weighted by Gasteiger charge is 2.13. The summed E-state index contributed by atoms with van der Waals surface area (Å²) in [6.45, 7) is 4.86. The highest BCUT2D eigenvalue weighted by Crippen LogP contribution is 2.20. The van der Waals surface area contributed by atoms with Gasteiger partial charge in [0.15, 0.2) is 13.2 Å². The van der Waals surface area contributed by atoms with E-state index in [-0.39, 0.29) is 6.61 Å². The Balaban J connectivity index is 1.86. The fourth-order valence-corrected chi connectivity index (χ4v) is 2.39. The number of carbonyl (C=O) groups excluding carboxylic acids is 3. The van der Waals surface area contributed by atoms with Gasteiger partial charge in [-0.25, -0.2) is 9.59 Å². The molecule has 0 spiro atoms. The van der Waals surface area contributed by atoms with E-state index in [4.69, 9.17) is 9.47 Å². The second-order valence-electron chi connectivity index (χ2n) is 6.22. The Bertz CT molecular complexity index is 890. The minimum absolute atomic E-state index is 0.297. The maximum atomic E-state index is 12.0. The monoisotopic (exact) mass is 385 g/mol. The molecule has 0 aliphatic heterocycles. The van der Waals surface area contributed by atoms with Gasteiger partial charge in [0.05, 0.1) is 12.7 Å². The van der Waals surface area contributed by atoms with Gasteiger partial charge in [-0.3, -0.25) is 4.79 Å². The molecule has 148 valence electrons. The number of hydrogen-bond acceptors (Lipinski definition) is 6. The Labute approximate surface area is 163 Å². The molecule has 0 saturated heterocycles. The second-order valence-corrected chi connectivity index (χ2v) is 6.22. The van der Waals surface area contributed by atoms with Crippen molar-refractivity contribution in [2.24, 2.45) is 0 Å². The van der Waals surface area contributed by atoms with Crippen LogP contribution < -0.4 is 10.1 Å². The summed E-state index contributed by atoms with van der Waals surface area (Å²) in [5, 5.41) is 2.61. The summed E-state index contributed by atoms with van der Waals surface area (Å²) in [6.07, 6.45) is 0. The largest absolute Gasteiger partial charge is 0.482 e. The molecule has 2 aromatic rings. The number of benzene rings is 2. The van der Waals surface area contributed by atoms with Gasteiger partial charge >= 0.3 is 11.9 Å². The van der Waals surface area contributed by atoms with Crippen LogP contribution in [0.1, 0.15) is 27.0 Å². The number of carbonyl (C=O) groups is 3. The van der Waals surface area contributed by atoms with Gasteiger partial charge in [0.1, 0.15) is 5.75 Å². The van der Waals surface area contributed by atoms with E-state index >= 15 is 0 Å². The lowest BCUT2D eigenvalue weighted by molar-refractivity contribution is -0.149. The predicted octanol–water partition coefficient (Wildman–Crippen LogP) is 2.96. The molecule has 0 aliphatic carbocycles. The van der Waals surface area contributed by atoms with Crippen LogP contribution in [0.4, 0.5) is 5.69 Å². The number of nitrogens with one attached hydrogen (secondary N) is 1. The summed E-state index contributed by atoms with van der Waals surface area (Å²) in [5.41, 5.74) is 3.49. The maximum absolute atomic E-state index is 12.0. The first-order chi connectivity index (χ1) is 13.3. The van der Waals surface area contributed by atoms with Crippen molar-refractivity contribution < 1.29 is 28.6 Å². The summed E-state index contributed by atoms with van der Waals surface area (Å²) in [6, 6.07) is 10.3. The highest BCUT2D eigenvalue weighted by atomic mass is 16.6. The van der Waals surface area contributed by atoms with Gasteiger partial charge in [-0.15, -0.1) is 0 Å². The fraction of sp³-hybridized carbons (Fsp3) is 0.286. The molecule has 0 bridgehead atoms. The molecule has 0 unspecified atom stereocenters. The lowest BCUT2D eigenvalue weighted by Gasteiger charge is -2.12. The van der Waals surface area contributed by atoms with Crippen molar-refractivity contribution in [1.29, 1.82) is 0 Å². The first-order valence-corrected chi connectivity index (χ1v) is 8.65. The minimum atomic E-state index is -0.656. The summed E-state index contributed by atoms with van der Waals surface area (Å²) in [7, 11) is 1.28. The highest BCUT2D eigenvalue weighted by molar-refractivity contribution is 5.96. The van der Waals surface area contributed by atoms with E-state index in [0.29, 0.717) is 17.0 Å². The third-order valence-corrected chi connectivity index (χ3v) is 4.20.